The molecule has 0 spiro atoms. The molecule has 6 nitrogen and oxygen atoms in total. The fourth-order valence-corrected chi connectivity index (χ4v) is 4.05. The third-order valence-electron chi connectivity index (χ3n) is 6.46. The molecular weight excluding hydrogens is 390 g/mol. The SMILES string of the molecule is CCC(C)C(C(CCN(C)CCCCCC(C)C(N)=C=O)OC)N(C)C(=O)CC(C)C. The van der Waals surface area contributed by atoms with Crippen LogP contribution in [0.15, 0.2) is 5.70 Å². The van der Waals surface area contributed by atoms with Crippen molar-refractivity contribution < 1.29 is 14.3 Å². The van der Waals surface area contributed by atoms with Gasteiger partial charge in [0.25, 0.3) is 0 Å². The number of allylic oxidation sites excluding steroid dienone is 1. The van der Waals surface area contributed by atoms with Crippen LogP contribution in [0.2, 0.25) is 0 Å². The van der Waals surface area contributed by atoms with E-state index in [1.54, 1.807) is 13.1 Å². The molecule has 0 saturated heterocycles. The summed E-state index contributed by atoms with van der Waals surface area (Å²) in [6, 6.07) is 0.0903. The maximum absolute atomic E-state index is 12.7. The van der Waals surface area contributed by atoms with E-state index >= 15 is 0 Å². The first-order valence-corrected chi connectivity index (χ1v) is 12.1. The van der Waals surface area contributed by atoms with Gasteiger partial charge in [-0.2, -0.15) is 0 Å². The summed E-state index contributed by atoms with van der Waals surface area (Å²) in [6.07, 6.45) is 6.76. The Kier molecular flexibility index (Phi) is 15.6. The fourth-order valence-electron chi connectivity index (χ4n) is 4.05. The van der Waals surface area contributed by atoms with Crippen molar-refractivity contribution in [2.45, 2.75) is 91.7 Å². The predicted molar refractivity (Wildman–Crippen MR) is 129 cm³/mol. The van der Waals surface area contributed by atoms with E-state index in [1.807, 2.05) is 18.9 Å². The summed E-state index contributed by atoms with van der Waals surface area (Å²) in [6.45, 7) is 12.5. The monoisotopic (exact) mass is 439 g/mol. The molecule has 0 aromatic rings. The largest absolute Gasteiger partial charge is 0.393 e. The molecule has 0 aromatic carbocycles. The lowest BCUT2D eigenvalue weighted by molar-refractivity contribution is -0.137. The Bertz CT molecular complexity index is 546. The van der Waals surface area contributed by atoms with Gasteiger partial charge in [-0.25, -0.2) is 4.79 Å². The van der Waals surface area contributed by atoms with Crippen LogP contribution >= 0.6 is 0 Å². The second-order valence-corrected chi connectivity index (χ2v) is 9.65. The molecule has 0 aliphatic rings. The van der Waals surface area contributed by atoms with Crippen molar-refractivity contribution in [3.63, 3.8) is 0 Å². The molecule has 0 aliphatic carbocycles. The van der Waals surface area contributed by atoms with Crippen LogP contribution in [0.3, 0.4) is 0 Å². The van der Waals surface area contributed by atoms with Crippen molar-refractivity contribution in [2.75, 3.05) is 34.3 Å². The standard InChI is InChI=1S/C25H49N3O3/c1-9-20(4)25(28(7)24(30)17-19(2)3)23(31-8)14-16-27(6)15-12-10-11-13-21(5)22(26)18-29/h19-21,23,25H,9-17,26H2,1-8H3. The van der Waals surface area contributed by atoms with Gasteiger partial charge in [-0.1, -0.05) is 53.9 Å². The van der Waals surface area contributed by atoms with Gasteiger partial charge in [0.1, 0.15) is 5.94 Å². The number of hydrogen-bond acceptors (Lipinski definition) is 5. The van der Waals surface area contributed by atoms with Gasteiger partial charge in [-0.3, -0.25) is 4.79 Å². The van der Waals surface area contributed by atoms with Crippen LogP contribution in [0.1, 0.15) is 79.6 Å². The molecule has 0 radical (unpaired) electrons. The van der Waals surface area contributed by atoms with Crippen LogP contribution in [0.5, 0.6) is 0 Å². The Hall–Kier alpha value is -1.36. The fraction of sp³-hybridized carbons (Fsp3) is 0.880. The topological polar surface area (TPSA) is 75.9 Å². The van der Waals surface area contributed by atoms with Crippen molar-refractivity contribution in [1.29, 1.82) is 0 Å². The number of rotatable bonds is 17. The van der Waals surface area contributed by atoms with Gasteiger partial charge in [0, 0.05) is 33.0 Å². The number of likely N-dealkylation sites (N-methyl/N-ethyl adjacent to an activating group) is 1. The van der Waals surface area contributed by atoms with Crippen molar-refractivity contribution in [1.82, 2.24) is 9.80 Å². The first-order valence-electron chi connectivity index (χ1n) is 12.1. The summed E-state index contributed by atoms with van der Waals surface area (Å²) >= 11 is 0. The zero-order valence-electron chi connectivity index (χ0n) is 21.4. The van der Waals surface area contributed by atoms with E-state index < -0.39 is 0 Å². The molecule has 31 heavy (non-hydrogen) atoms. The molecule has 4 unspecified atom stereocenters. The van der Waals surface area contributed by atoms with Crippen molar-refractivity contribution in [2.24, 2.45) is 23.5 Å². The highest BCUT2D eigenvalue weighted by atomic mass is 16.5. The number of carbonyl (C=O) groups excluding carboxylic acids is 2. The normalized spacial score (nSPS) is 15.4. The van der Waals surface area contributed by atoms with Crippen LogP contribution in [0, 0.1) is 17.8 Å². The molecule has 4 atom stereocenters. The summed E-state index contributed by atoms with van der Waals surface area (Å²) in [4.78, 5) is 27.6. The van der Waals surface area contributed by atoms with E-state index in [1.165, 1.54) is 0 Å². The average Bonchev–Trinajstić information content (AvgIpc) is 2.73. The minimum absolute atomic E-state index is 0.0254. The second-order valence-electron chi connectivity index (χ2n) is 9.65. The van der Waals surface area contributed by atoms with Gasteiger partial charge in [-0.05, 0) is 44.7 Å². The zero-order valence-corrected chi connectivity index (χ0v) is 21.4. The van der Waals surface area contributed by atoms with E-state index in [2.05, 4.69) is 39.6 Å². The third kappa shape index (κ3) is 11.7. The molecule has 0 aliphatic heterocycles. The van der Waals surface area contributed by atoms with Gasteiger partial charge in [0.2, 0.25) is 5.91 Å². The smallest absolute Gasteiger partial charge is 0.222 e. The summed E-state index contributed by atoms with van der Waals surface area (Å²) < 4.78 is 5.90. The highest BCUT2D eigenvalue weighted by molar-refractivity contribution is 5.76. The lowest BCUT2D eigenvalue weighted by Gasteiger charge is -2.38. The highest BCUT2D eigenvalue weighted by Crippen LogP contribution is 2.23. The second kappa shape index (κ2) is 16.3. The summed E-state index contributed by atoms with van der Waals surface area (Å²) in [5.41, 5.74) is 5.96. The molecule has 0 bridgehead atoms. The zero-order chi connectivity index (χ0) is 24.0. The molecule has 0 heterocycles. The first kappa shape index (κ1) is 29.6. The molecular formula is C25H49N3O3. The Morgan fingerprint density at radius 1 is 1.03 bits per heavy atom. The third-order valence-corrected chi connectivity index (χ3v) is 6.46. The van der Waals surface area contributed by atoms with Gasteiger partial charge >= 0.3 is 0 Å². The number of methoxy groups -OCH3 is 1. The molecule has 0 fully saturated rings. The van der Waals surface area contributed by atoms with Crippen LogP contribution in [0.25, 0.3) is 0 Å². The maximum Gasteiger partial charge on any atom is 0.222 e. The van der Waals surface area contributed by atoms with E-state index in [9.17, 15) is 9.59 Å². The molecule has 6 heteroatoms. The Balaban J connectivity index is 4.61. The number of amides is 1. The Labute approximate surface area is 191 Å². The lowest BCUT2D eigenvalue weighted by atomic mass is 9.90. The minimum atomic E-state index is 0.0254. The summed E-state index contributed by atoms with van der Waals surface area (Å²) in [5.74, 6) is 2.86. The molecule has 1 amide bonds. The van der Waals surface area contributed by atoms with E-state index in [-0.39, 0.29) is 24.0 Å². The van der Waals surface area contributed by atoms with Gasteiger partial charge in [0.05, 0.1) is 17.8 Å². The van der Waals surface area contributed by atoms with E-state index in [0.717, 1.165) is 51.6 Å². The number of unbranched alkanes of at least 4 members (excludes halogenated alkanes) is 2. The van der Waals surface area contributed by atoms with Crippen molar-refractivity contribution in [3.05, 3.63) is 5.70 Å². The van der Waals surface area contributed by atoms with Gasteiger partial charge in [0.15, 0.2) is 0 Å². The average molecular weight is 440 g/mol. The Morgan fingerprint density at radius 2 is 1.68 bits per heavy atom. The number of hydrogen-bond donors (Lipinski definition) is 1. The number of ether oxygens (including phenoxy) is 1. The molecule has 182 valence electrons. The number of nitrogens with two attached hydrogens (primary N) is 1. The van der Waals surface area contributed by atoms with Crippen LogP contribution in [-0.2, 0) is 14.3 Å². The van der Waals surface area contributed by atoms with E-state index in [4.69, 9.17) is 10.5 Å². The van der Waals surface area contributed by atoms with Crippen molar-refractivity contribution >= 4 is 11.8 Å². The molecule has 2 N–H and O–H groups in total. The quantitative estimate of drug-likeness (QED) is 0.273. The molecule has 0 saturated carbocycles. The van der Waals surface area contributed by atoms with Crippen LogP contribution in [-0.4, -0.2) is 68.1 Å². The Morgan fingerprint density at radius 3 is 2.19 bits per heavy atom. The lowest BCUT2D eigenvalue weighted by Crippen LogP contribution is -2.50. The molecule has 0 aromatic heterocycles. The van der Waals surface area contributed by atoms with Gasteiger partial charge < -0.3 is 20.3 Å². The van der Waals surface area contributed by atoms with Crippen LogP contribution in [0.4, 0.5) is 0 Å². The summed E-state index contributed by atoms with van der Waals surface area (Å²) in [5, 5.41) is 0. The first-order chi connectivity index (χ1) is 14.6. The van der Waals surface area contributed by atoms with E-state index in [0.29, 0.717) is 24.0 Å². The van der Waals surface area contributed by atoms with Crippen LogP contribution < -0.4 is 5.73 Å². The number of carbonyl (C=O) groups is 1. The number of nitrogens with zero attached hydrogens (tertiary/aromatic N) is 2. The maximum atomic E-state index is 12.7. The highest BCUT2D eigenvalue weighted by Gasteiger charge is 2.32. The molecule has 0 rings (SSSR count). The minimum Gasteiger partial charge on any atom is -0.393 e. The summed E-state index contributed by atoms with van der Waals surface area (Å²) in [7, 11) is 5.85. The van der Waals surface area contributed by atoms with Gasteiger partial charge in [-0.15, -0.1) is 0 Å². The predicted octanol–water partition coefficient (Wildman–Crippen LogP) is 4.11. The van der Waals surface area contributed by atoms with Crippen molar-refractivity contribution in [3.8, 4) is 0 Å².